The number of aromatic nitrogens is 1. The summed E-state index contributed by atoms with van der Waals surface area (Å²) in [6.07, 6.45) is -1.87. The summed E-state index contributed by atoms with van der Waals surface area (Å²) in [6, 6.07) is 1.93. The smallest absolute Gasteiger partial charge is 0.294 e. The first-order chi connectivity index (χ1) is 8.80. The highest BCUT2D eigenvalue weighted by Crippen LogP contribution is 2.36. The highest BCUT2D eigenvalue weighted by atomic mass is 35.5. The van der Waals surface area contributed by atoms with Crippen LogP contribution in [0, 0.1) is 11.8 Å². The molecular formula is C13H13ClF3NO. The van der Waals surface area contributed by atoms with E-state index in [1.807, 2.05) is 6.92 Å². The van der Waals surface area contributed by atoms with E-state index in [9.17, 15) is 18.0 Å². The van der Waals surface area contributed by atoms with Gasteiger partial charge in [-0.1, -0.05) is 24.9 Å². The average molecular weight is 292 g/mol. The summed E-state index contributed by atoms with van der Waals surface area (Å²) in [4.78, 5) is 15.5. The molecule has 0 aromatic carbocycles. The zero-order valence-corrected chi connectivity index (χ0v) is 11.1. The Kier molecular flexibility index (Phi) is 3.85. The molecule has 0 bridgehead atoms. The van der Waals surface area contributed by atoms with Gasteiger partial charge < -0.3 is 0 Å². The Morgan fingerprint density at radius 1 is 1.37 bits per heavy atom. The molecule has 1 fully saturated rings. The van der Waals surface area contributed by atoms with Gasteiger partial charge in [0.25, 0.3) is 0 Å². The van der Waals surface area contributed by atoms with Gasteiger partial charge in [0, 0.05) is 5.92 Å². The molecule has 1 saturated carbocycles. The highest BCUT2D eigenvalue weighted by Gasteiger charge is 2.35. The summed E-state index contributed by atoms with van der Waals surface area (Å²) >= 11 is 5.72. The van der Waals surface area contributed by atoms with Crippen LogP contribution in [0.1, 0.15) is 42.2 Å². The fourth-order valence-electron chi connectivity index (χ4n) is 2.51. The van der Waals surface area contributed by atoms with Crippen LogP contribution in [0.2, 0.25) is 5.15 Å². The minimum atomic E-state index is -4.55. The van der Waals surface area contributed by atoms with E-state index in [4.69, 9.17) is 11.6 Å². The van der Waals surface area contributed by atoms with Crippen LogP contribution < -0.4 is 0 Å². The predicted octanol–water partition coefficient (Wildman–Crippen LogP) is 4.37. The van der Waals surface area contributed by atoms with Crippen LogP contribution in [-0.2, 0) is 6.18 Å². The number of rotatable bonds is 2. The van der Waals surface area contributed by atoms with Crippen LogP contribution >= 0.6 is 11.6 Å². The van der Waals surface area contributed by atoms with Gasteiger partial charge in [0.15, 0.2) is 5.78 Å². The van der Waals surface area contributed by atoms with E-state index in [0.29, 0.717) is 0 Å². The lowest BCUT2D eigenvalue weighted by atomic mass is 9.90. The second-order valence-corrected chi connectivity index (χ2v) is 5.27. The van der Waals surface area contributed by atoms with Crippen LogP contribution in [0.4, 0.5) is 13.2 Å². The maximum absolute atomic E-state index is 12.5. The van der Waals surface area contributed by atoms with E-state index in [1.165, 1.54) is 0 Å². The van der Waals surface area contributed by atoms with Crippen molar-refractivity contribution in [1.29, 1.82) is 0 Å². The van der Waals surface area contributed by atoms with Crippen LogP contribution in [0.25, 0.3) is 0 Å². The third kappa shape index (κ3) is 2.91. The Hall–Kier alpha value is -1.10. The van der Waals surface area contributed by atoms with Crippen molar-refractivity contribution in [3.05, 3.63) is 28.5 Å². The fourth-order valence-corrected chi connectivity index (χ4v) is 2.76. The van der Waals surface area contributed by atoms with Crippen molar-refractivity contribution in [3.63, 3.8) is 0 Å². The number of Topliss-reactive ketones (excluding diaryl/α,β-unsaturated/α-hetero) is 1. The largest absolute Gasteiger partial charge is 0.433 e. The van der Waals surface area contributed by atoms with Crippen molar-refractivity contribution in [3.8, 4) is 0 Å². The number of halogens is 4. The number of hydrogen-bond donors (Lipinski definition) is 0. The zero-order valence-electron chi connectivity index (χ0n) is 10.3. The SMILES string of the molecule is CC1CCCC1C(=O)c1ccc(C(F)(F)F)nc1Cl. The van der Waals surface area contributed by atoms with Crippen LogP contribution in [0.15, 0.2) is 12.1 Å². The molecule has 1 aliphatic rings. The number of pyridine rings is 1. The normalized spacial score (nSPS) is 23.6. The van der Waals surface area contributed by atoms with Gasteiger partial charge in [-0.05, 0) is 30.9 Å². The molecule has 0 aliphatic heterocycles. The number of hydrogen-bond acceptors (Lipinski definition) is 2. The molecule has 0 radical (unpaired) electrons. The molecule has 0 N–H and O–H groups in total. The molecule has 0 amide bonds. The molecule has 1 aromatic rings. The van der Waals surface area contributed by atoms with Gasteiger partial charge in [-0.25, -0.2) is 4.98 Å². The van der Waals surface area contributed by atoms with E-state index in [2.05, 4.69) is 4.98 Å². The summed E-state index contributed by atoms with van der Waals surface area (Å²) in [5.74, 6) is -0.113. The first kappa shape index (κ1) is 14.3. The number of ketones is 1. The average Bonchev–Trinajstić information content (AvgIpc) is 2.73. The quantitative estimate of drug-likeness (QED) is 0.598. The molecule has 1 aliphatic carbocycles. The molecule has 1 heterocycles. The molecule has 19 heavy (non-hydrogen) atoms. The van der Waals surface area contributed by atoms with Gasteiger partial charge in [-0.3, -0.25) is 4.79 Å². The van der Waals surface area contributed by atoms with Crippen molar-refractivity contribution in [2.24, 2.45) is 11.8 Å². The lowest BCUT2D eigenvalue weighted by Gasteiger charge is -2.15. The monoisotopic (exact) mass is 291 g/mol. The number of nitrogens with zero attached hydrogens (tertiary/aromatic N) is 1. The Morgan fingerprint density at radius 2 is 2.05 bits per heavy atom. The fraction of sp³-hybridized carbons (Fsp3) is 0.538. The Labute approximate surface area is 114 Å². The van der Waals surface area contributed by atoms with E-state index in [-0.39, 0.29) is 28.3 Å². The standard InChI is InChI=1S/C13H13ClF3NO/c1-7-3-2-4-8(7)11(19)9-5-6-10(13(15,16)17)18-12(9)14/h5-8H,2-4H2,1H3. The molecule has 6 heteroatoms. The minimum absolute atomic E-state index is 0.0911. The topological polar surface area (TPSA) is 30.0 Å². The summed E-state index contributed by atoms with van der Waals surface area (Å²) in [5, 5.41) is -0.362. The van der Waals surface area contributed by atoms with Crippen molar-refractivity contribution >= 4 is 17.4 Å². The maximum atomic E-state index is 12.5. The third-order valence-corrected chi connectivity index (χ3v) is 3.89. The molecule has 1 aromatic heterocycles. The van der Waals surface area contributed by atoms with E-state index >= 15 is 0 Å². The Morgan fingerprint density at radius 3 is 2.53 bits per heavy atom. The van der Waals surface area contributed by atoms with Crippen molar-refractivity contribution < 1.29 is 18.0 Å². The summed E-state index contributed by atoms with van der Waals surface area (Å²) in [7, 11) is 0. The van der Waals surface area contributed by atoms with Gasteiger partial charge in [-0.15, -0.1) is 0 Å². The van der Waals surface area contributed by atoms with Crippen LogP contribution in [-0.4, -0.2) is 10.8 Å². The summed E-state index contributed by atoms with van der Waals surface area (Å²) in [6.45, 7) is 1.97. The molecule has 2 rings (SSSR count). The van der Waals surface area contributed by atoms with Crippen LogP contribution in [0.3, 0.4) is 0 Å². The van der Waals surface area contributed by atoms with E-state index in [0.717, 1.165) is 31.4 Å². The zero-order chi connectivity index (χ0) is 14.2. The lowest BCUT2D eigenvalue weighted by Crippen LogP contribution is -2.19. The first-order valence-electron chi connectivity index (χ1n) is 6.08. The second-order valence-electron chi connectivity index (χ2n) is 4.91. The number of carbonyl (C=O) groups is 1. The van der Waals surface area contributed by atoms with Gasteiger partial charge in [0.05, 0.1) is 5.56 Å². The maximum Gasteiger partial charge on any atom is 0.433 e. The van der Waals surface area contributed by atoms with E-state index in [1.54, 1.807) is 0 Å². The lowest BCUT2D eigenvalue weighted by molar-refractivity contribution is -0.141. The van der Waals surface area contributed by atoms with Crippen molar-refractivity contribution in [1.82, 2.24) is 4.98 Å². The first-order valence-corrected chi connectivity index (χ1v) is 6.46. The summed E-state index contributed by atoms with van der Waals surface area (Å²) in [5.41, 5.74) is -0.984. The molecule has 2 unspecified atom stereocenters. The van der Waals surface area contributed by atoms with Gasteiger partial charge in [0.2, 0.25) is 0 Å². The summed E-state index contributed by atoms with van der Waals surface area (Å²) < 4.78 is 37.4. The molecule has 2 nitrogen and oxygen atoms in total. The molecular weight excluding hydrogens is 279 g/mol. The Bertz CT molecular complexity index is 501. The van der Waals surface area contributed by atoms with Crippen LogP contribution in [0.5, 0.6) is 0 Å². The van der Waals surface area contributed by atoms with Crippen molar-refractivity contribution in [2.45, 2.75) is 32.4 Å². The minimum Gasteiger partial charge on any atom is -0.294 e. The third-order valence-electron chi connectivity index (χ3n) is 3.60. The molecule has 104 valence electrons. The molecule has 0 saturated heterocycles. The van der Waals surface area contributed by atoms with E-state index < -0.39 is 11.9 Å². The van der Waals surface area contributed by atoms with Gasteiger partial charge >= 0.3 is 6.18 Å². The highest BCUT2D eigenvalue weighted by molar-refractivity contribution is 6.32. The number of alkyl halides is 3. The predicted molar refractivity (Wildman–Crippen MR) is 65.1 cm³/mol. The Balaban J connectivity index is 2.29. The molecule has 0 spiro atoms. The number of carbonyl (C=O) groups excluding carboxylic acids is 1. The van der Waals surface area contributed by atoms with Gasteiger partial charge in [-0.2, -0.15) is 13.2 Å². The molecule has 2 atom stereocenters. The second kappa shape index (κ2) is 5.12. The van der Waals surface area contributed by atoms with Gasteiger partial charge in [0.1, 0.15) is 10.8 Å². The van der Waals surface area contributed by atoms with Crippen molar-refractivity contribution in [2.75, 3.05) is 0 Å².